The van der Waals surface area contributed by atoms with E-state index in [-0.39, 0.29) is 23.0 Å². The second-order valence-corrected chi connectivity index (χ2v) is 10.4. The Morgan fingerprint density at radius 3 is 2.64 bits per heavy atom. The molecule has 0 radical (unpaired) electrons. The van der Waals surface area contributed by atoms with Gasteiger partial charge >= 0.3 is 0 Å². The van der Waals surface area contributed by atoms with E-state index in [1.807, 2.05) is 6.07 Å². The molecule has 1 heterocycles. The zero-order chi connectivity index (χ0) is 24.0. The van der Waals surface area contributed by atoms with Gasteiger partial charge in [-0.05, 0) is 48.7 Å². The van der Waals surface area contributed by atoms with Crippen LogP contribution in [0.5, 0.6) is 0 Å². The molecule has 3 aromatic rings. The Labute approximate surface area is 194 Å². The fraction of sp³-hybridized carbons (Fsp3) is 0.417. The lowest BCUT2D eigenvalue weighted by molar-refractivity contribution is -0.121. The molecule has 1 amide bonds. The highest BCUT2D eigenvalue weighted by Gasteiger charge is 2.20. The first-order valence-corrected chi connectivity index (χ1v) is 12.6. The highest BCUT2D eigenvalue weighted by molar-refractivity contribution is 7.89. The van der Waals surface area contributed by atoms with Crippen molar-refractivity contribution in [2.24, 2.45) is 0 Å². The topological polar surface area (TPSA) is 84.3 Å². The second kappa shape index (κ2) is 10.9. The second-order valence-electron chi connectivity index (χ2n) is 8.20. The molecular weight excluding hydrogens is 443 g/mol. The van der Waals surface area contributed by atoms with Crippen LogP contribution < -0.4 is 5.32 Å². The van der Waals surface area contributed by atoms with Crippen LogP contribution in [0.15, 0.2) is 47.4 Å². The molecule has 0 unspecified atom stereocenters. The number of imidazole rings is 1. The van der Waals surface area contributed by atoms with Gasteiger partial charge in [0.25, 0.3) is 0 Å². The standard InChI is InChI=1S/C24H31FN4O3S/c1-4-5-15-29-22-10-9-20(33(31,32)28(2)3)17-21(22)27-23(29)11-12-24(30)26-14-13-18-7-6-8-19(25)16-18/h6-10,16-17H,4-5,11-15H2,1-3H3,(H,26,30). The summed E-state index contributed by atoms with van der Waals surface area (Å²) in [6.45, 7) is 3.29. The van der Waals surface area contributed by atoms with Crippen molar-refractivity contribution in [2.45, 2.75) is 50.5 Å². The van der Waals surface area contributed by atoms with E-state index in [0.717, 1.165) is 36.3 Å². The maximum absolute atomic E-state index is 13.3. The van der Waals surface area contributed by atoms with E-state index < -0.39 is 10.0 Å². The van der Waals surface area contributed by atoms with Crippen LogP contribution in [0.1, 0.15) is 37.6 Å². The van der Waals surface area contributed by atoms with Gasteiger partial charge < -0.3 is 9.88 Å². The largest absolute Gasteiger partial charge is 0.356 e. The van der Waals surface area contributed by atoms with E-state index in [9.17, 15) is 17.6 Å². The van der Waals surface area contributed by atoms with Crippen molar-refractivity contribution in [3.63, 3.8) is 0 Å². The molecule has 0 fully saturated rings. The lowest BCUT2D eigenvalue weighted by atomic mass is 10.1. The van der Waals surface area contributed by atoms with Crippen LogP contribution in [0.2, 0.25) is 0 Å². The monoisotopic (exact) mass is 474 g/mol. The number of benzene rings is 2. The molecule has 0 saturated heterocycles. The number of halogens is 1. The molecule has 0 aliphatic heterocycles. The van der Waals surface area contributed by atoms with Crippen molar-refractivity contribution < 1.29 is 17.6 Å². The highest BCUT2D eigenvalue weighted by Crippen LogP contribution is 2.23. The Morgan fingerprint density at radius 2 is 1.94 bits per heavy atom. The molecule has 1 N–H and O–H groups in total. The number of nitrogens with one attached hydrogen (secondary N) is 1. The fourth-order valence-corrected chi connectivity index (χ4v) is 4.56. The molecule has 0 aliphatic rings. The van der Waals surface area contributed by atoms with E-state index >= 15 is 0 Å². The molecule has 7 nitrogen and oxygen atoms in total. The molecule has 33 heavy (non-hydrogen) atoms. The van der Waals surface area contributed by atoms with E-state index in [1.54, 1.807) is 24.3 Å². The van der Waals surface area contributed by atoms with Gasteiger partial charge in [0, 0.05) is 40.0 Å². The number of fused-ring (bicyclic) bond motifs is 1. The SMILES string of the molecule is CCCCn1c(CCC(=O)NCCc2cccc(F)c2)nc2cc(S(=O)(=O)N(C)C)ccc21. The summed E-state index contributed by atoms with van der Waals surface area (Å²) in [5, 5.41) is 2.88. The number of amides is 1. The van der Waals surface area contributed by atoms with E-state index in [0.29, 0.717) is 24.9 Å². The van der Waals surface area contributed by atoms with Crippen molar-refractivity contribution in [1.29, 1.82) is 0 Å². The van der Waals surface area contributed by atoms with Gasteiger partial charge in [0.2, 0.25) is 15.9 Å². The van der Waals surface area contributed by atoms with Gasteiger partial charge in [0.1, 0.15) is 11.6 Å². The van der Waals surface area contributed by atoms with Crippen molar-refractivity contribution in [2.75, 3.05) is 20.6 Å². The Morgan fingerprint density at radius 1 is 1.15 bits per heavy atom. The van der Waals surface area contributed by atoms with Gasteiger partial charge in [0.05, 0.1) is 15.9 Å². The van der Waals surface area contributed by atoms with Crippen LogP contribution in [-0.2, 0) is 34.2 Å². The lowest BCUT2D eigenvalue weighted by Crippen LogP contribution is -2.26. The minimum Gasteiger partial charge on any atom is -0.356 e. The molecule has 3 rings (SSSR count). The van der Waals surface area contributed by atoms with E-state index in [2.05, 4.69) is 21.8 Å². The van der Waals surface area contributed by atoms with Crippen molar-refractivity contribution in [1.82, 2.24) is 19.2 Å². The Hall–Kier alpha value is -2.78. The van der Waals surface area contributed by atoms with Crippen molar-refractivity contribution >= 4 is 27.0 Å². The predicted molar refractivity (Wildman–Crippen MR) is 127 cm³/mol. The zero-order valence-corrected chi connectivity index (χ0v) is 20.2. The molecule has 2 aromatic carbocycles. The van der Waals surface area contributed by atoms with Gasteiger partial charge in [-0.1, -0.05) is 25.5 Å². The van der Waals surface area contributed by atoms with Gasteiger partial charge in [-0.2, -0.15) is 0 Å². The van der Waals surface area contributed by atoms with Gasteiger partial charge in [0.15, 0.2) is 0 Å². The summed E-state index contributed by atoms with van der Waals surface area (Å²) in [7, 11) is -0.559. The first-order chi connectivity index (χ1) is 15.7. The summed E-state index contributed by atoms with van der Waals surface area (Å²) in [5.74, 6) is 0.376. The number of aryl methyl sites for hydroxylation is 2. The summed E-state index contributed by atoms with van der Waals surface area (Å²) in [6.07, 6.45) is 3.23. The van der Waals surface area contributed by atoms with E-state index in [1.165, 1.54) is 30.5 Å². The quantitative estimate of drug-likeness (QED) is 0.461. The average molecular weight is 475 g/mol. The van der Waals surface area contributed by atoms with Crippen LogP contribution in [0, 0.1) is 5.82 Å². The number of rotatable bonds is 11. The predicted octanol–water partition coefficient (Wildman–Crippen LogP) is 3.52. The number of nitrogens with zero attached hydrogens (tertiary/aromatic N) is 3. The summed E-state index contributed by atoms with van der Waals surface area (Å²) in [5.41, 5.74) is 2.30. The van der Waals surface area contributed by atoms with Crippen LogP contribution in [0.3, 0.4) is 0 Å². The number of aromatic nitrogens is 2. The minimum absolute atomic E-state index is 0.101. The molecule has 9 heteroatoms. The molecule has 0 atom stereocenters. The lowest BCUT2D eigenvalue weighted by Gasteiger charge is -2.11. The fourth-order valence-electron chi connectivity index (χ4n) is 3.64. The first-order valence-electron chi connectivity index (χ1n) is 11.1. The number of sulfonamides is 1. The highest BCUT2D eigenvalue weighted by atomic mass is 32.2. The number of carbonyl (C=O) groups excluding carboxylic acids is 1. The number of hydrogen-bond acceptors (Lipinski definition) is 4. The maximum Gasteiger partial charge on any atom is 0.242 e. The number of hydrogen-bond donors (Lipinski definition) is 1. The maximum atomic E-state index is 13.3. The zero-order valence-electron chi connectivity index (χ0n) is 19.3. The Kier molecular flexibility index (Phi) is 8.20. The summed E-state index contributed by atoms with van der Waals surface area (Å²) in [4.78, 5) is 17.2. The van der Waals surface area contributed by atoms with Gasteiger partial charge in [-0.15, -0.1) is 0 Å². The summed E-state index contributed by atoms with van der Waals surface area (Å²) >= 11 is 0. The van der Waals surface area contributed by atoms with Gasteiger partial charge in [-0.25, -0.2) is 22.1 Å². The number of unbranched alkanes of at least 4 members (excludes halogenated alkanes) is 1. The number of carbonyl (C=O) groups is 1. The molecule has 0 spiro atoms. The van der Waals surface area contributed by atoms with E-state index in [4.69, 9.17) is 0 Å². The van der Waals surface area contributed by atoms with Crippen LogP contribution >= 0.6 is 0 Å². The third-order valence-electron chi connectivity index (χ3n) is 5.51. The normalized spacial score (nSPS) is 11.9. The van der Waals surface area contributed by atoms with Crippen molar-refractivity contribution in [3.8, 4) is 0 Å². The summed E-state index contributed by atoms with van der Waals surface area (Å²) < 4.78 is 41.5. The third-order valence-corrected chi connectivity index (χ3v) is 7.32. The Balaban J connectivity index is 1.70. The van der Waals surface area contributed by atoms with Crippen LogP contribution in [-0.4, -0.2) is 48.8 Å². The molecule has 0 aliphatic carbocycles. The van der Waals surface area contributed by atoms with Crippen LogP contribution in [0.25, 0.3) is 11.0 Å². The average Bonchev–Trinajstić information content (AvgIpc) is 3.12. The minimum atomic E-state index is -3.55. The third kappa shape index (κ3) is 6.17. The molecule has 0 bridgehead atoms. The smallest absolute Gasteiger partial charge is 0.242 e. The van der Waals surface area contributed by atoms with Crippen LogP contribution in [0.4, 0.5) is 4.39 Å². The molecule has 178 valence electrons. The first kappa shape index (κ1) is 24.9. The molecule has 1 aromatic heterocycles. The Bertz CT molecular complexity index is 1220. The molecule has 0 saturated carbocycles. The van der Waals surface area contributed by atoms with Gasteiger partial charge in [-0.3, -0.25) is 4.79 Å². The summed E-state index contributed by atoms with van der Waals surface area (Å²) in [6, 6.07) is 11.3. The molecular formula is C24H31FN4O3S. The van der Waals surface area contributed by atoms with Crippen molar-refractivity contribution in [3.05, 3.63) is 59.7 Å².